The number of benzene rings is 2. The highest BCUT2D eigenvalue weighted by Gasteiger charge is 2.24. The molecule has 4 nitrogen and oxygen atoms in total. The summed E-state index contributed by atoms with van der Waals surface area (Å²) in [5, 5.41) is 0. The van der Waals surface area contributed by atoms with E-state index in [9.17, 15) is 9.18 Å². The number of anilines is 2. The molecule has 2 aromatic carbocycles. The van der Waals surface area contributed by atoms with Crippen LogP contribution in [0.4, 0.5) is 15.8 Å². The van der Waals surface area contributed by atoms with Gasteiger partial charge in [-0.3, -0.25) is 4.79 Å². The first-order chi connectivity index (χ1) is 11.1. The molecule has 0 atom stereocenters. The van der Waals surface area contributed by atoms with E-state index in [1.54, 1.807) is 17.0 Å². The van der Waals surface area contributed by atoms with Crippen molar-refractivity contribution in [2.45, 2.75) is 6.92 Å². The first kappa shape index (κ1) is 15.3. The van der Waals surface area contributed by atoms with Crippen LogP contribution in [0.1, 0.15) is 15.9 Å². The van der Waals surface area contributed by atoms with Crippen molar-refractivity contribution in [2.75, 3.05) is 36.8 Å². The molecule has 1 saturated heterocycles. The Labute approximate surface area is 135 Å². The zero-order valence-corrected chi connectivity index (χ0v) is 13.1. The maximum Gasteiger partial charge on any atom is 0.256 e. The van der Waals surface area contributed by atoms with Gasteiger partial charge < -0.3 is 15.5 Å². The van der Waals surface area contributed by atoms with Crippen molar-refractivity contribution in [1.82, 2.24) is 4.90 Å². The van der Waals surface area contributed by atoms with E-state index in [0.717, 1.165) is 16.9 Å². The highest BCUT2D eigenvalue weighted by Crippen LogP contribution is 2.24. The van der Waals surface area contributed by atoms with Gasteiger partial charge in [0.1, 0.15) is 5.82 Å². The van der Waals surface area contributed by atoms with Crippen molar-refractivity contribution in [3.05, 3.63) is 59.4 Å². The Morgan fingerprint density at radius 2 is 1.78 bits per heavy atom. The van der Waals surface area contributed by atoms with E-state index in [2.05, 4.69) is 4.90 Å². The number of hydrogen-bond donors (Lipinski definition) is 1. The number of aryl methyl sites for hydroxylation is 1. The SMILES string of the molecule is Cc1ccc(N)cc1N1CCN(C(=O)c2ccccc2F)CC1. The van der Waals surface area contributed by atoms with Crippen molar-refractivity contribution in [2.24, 2.45) is 0 Å². The van der Waals surface area contributed by atoms with Crippen LogP contribution in [0.3, 0.4) is 0 Å². The molecular weight excluding hydrogens is 293 g/mol. The fraction of sp³-hybridized carbons (Fsp3) is 0.278. The largest absolute Gasteiger partial charge is 0.399 e. The summed E-state index contributed by atoms with van der Waals surface area (Å²) in [5.41, 5.74) is 9.00. The quantitative estimate of drug-likeness (QED) is 0.867. The highest BCUT2D eigenvalue weighted by atomic mass is 19.1. The predicted octanol–water partition coefficient (Wildman–Crippen LogP) is 2.68. The zero-order chi connectivity index (χ0) is 16.4. The molecule has 0 spiro atoms. The van der Waals surface area contributed by atoms with Crippen molar-refractivity contribution in [3.8, 4) is 0 Å². The van der Waals surface area contributed by atoms with E-state index in [4.69, 9.17) is 5.73 Å². The smallest absolute Gasteiger partial charge is 0.256 e. The van der Waals surface area contributed by atoms with Crippen LogP contribution in [0.25, 0.3) is 0 Å². The summed E-state index contributed by atoms with van der Waals surface area (Å²) < 4.78 is 13.8. The standard InChI is InChI=1S/C18H20FN3O/c1-13-6-7-14(20)12-17(13)21-8-10-22(11-9-21)18(23)15-4-2-3-5-16(15)19/h2-7,12H,8-11,20H2,1H3. The Hall–Kier alpha value is -2.56. The van der Waals surface area contributed by atoms with Crippen molar-refractivity contribution >= 4 is 17.3 Å². The lowest BCUT2D eigenvalue weighted by atomic mass is 10.1. The second-order valence-electron chi connectivity index (χ2n) is 5.81. The number of hydrogen-bond acceptors (Lipinski definition) is 3. The molecule has 5 heteroatoms. The Morgan fingerprint density at radius 3 is 2.48 bits per heavy atom. The maximum atomic E-state index is 13.8. The minimum absolute atomic E-state index is 0.140. The van der Waals surface area contributed by atoms with E-state index < -0.39 is 5.82 Å². The summed E-state index contributed by atoms with van der Waals surface area (Å²) in [6.45, 7) is 4.61. The first-order valence-electron chi connectivity index (χ1n) is 7.71. The topological polar surface area (TPSA) is 49.6 Å². The lowest BCUT2D eigenvalue weighted by Crippen LogP contribution is -2.49. The molecule has 3 rings (SSSR count). The summed E-state index contributed by atoms with van der Waals surface area (Å²) in [6, 6.07) is 12.0. The molecule has 1 aliphatic rings. The van der Waals surface area contributed by atoms with Gasteiger partial charge in [-0.1, -0.05) is 18.2 Å². The molecule has 0 bridgehead atoms. The normalized spacial score (nSPS) is 14.9. The number of carbonyl (C=O) groups is 1. The van der Waals surface area contributed by atoms with Gasteiger partial charge in [-0.2, -0.15) is 0 Å². The van der Waals surface area contributed by atoms with Gasteiger partial charge >= 0.3 is 0 Å². The Balaban J connectivity index is 1.70. The number of halogens is 1. The molecule has 0 aliphatic carbocycles. The second kappa shape index (κ2) is 6.28. The molecule has 0 unspecified atom stereocenters. The number of nitrogen functional groups attached to an aromatic ring is 1. The monoisotopic (exact) mass is 313 g/mol. The lowest BCUT2D eigenvalue weighted by molar-refractivity contribution is 0.0742. The molecule has 0 aromatic heterocycles. The second-order valence-corrected chi connectivity index (χ2v) is 5.81. The van der Waals surface area contributed by atoms with Gasteiger partial charge in [-0.05, 0) is 36.8 Å². The van der Waals surface area contributed by atoms with Crippen LogP contribution >= 0.6 is 0 Å². The lowest BCUT2D eigenvalue weighted by Gasteiger charge is -2.37. The van der Waals surface area contributed by atoms with Crippen molar-refractivity contribution in [1.29, 1.82) is 0 Å². The number of rotatable bonds is 2. The molecule has 23 heavy (non-hydrogen) atoms. The van der Waals surface area contributed by atoms with E-state index in [1.807, 2.05) is 25.1 Å². The molecule has 1 aliphatic heterocycles. The molecule has 1 fully saturated rings. The average Bonchev–Trinajstić information content (AvgIpc) is 2.57. The van der Waals surface area contributed by atoms with E-state index in [-0.39, 0.29) is 11.5 Å². The summed E-state index contributed by atoms with van der Waals surface area (Å²) in [4.78, 5) is 16.4. The Morgan fingerprint density at radius 1 is 1.09 bits per heavy atom. The van der Waals surface area contributed by atoms with E-state index in [0.29, 0.717) is 26.2 Å². The molecule has 0 radical (unpaired) electrons. The van der Waals surface area contributed by atoms with Gasteiger partial charge in [0, 0.05) is 37.6 Å². The third kappa shape index (κ3) is 3.13. The summed E-state index contributed by atoms with van der Waals surface area (Å²) in [5.74, 6) is -0.710. The van der Waals surface area contributed by atoms with Gasteiger partial charge in [-0.25, -0.2) is 4.39 Å². The van der Waals surface area contributed by atoms with Crippen LogP contribution in [-0.4, -0.2) is 37.0 Å². The third-order valence-electron chi connectivity index (χ3n) is 4.25. The van der Waals surface area contributed by atoms with Crippen LogP contribution in [0.15, 0.2) is 42.5 Å². The van der Waals surface area contributed by atoms with Crippen LogP contribution in [0.5, 0.6) is 0 Å². The maximum absolute atomic E-state index is 13.8. The predicted molar refractivity (Wildman–Crippen MR) is 90.1 cm³/mol. The fourth-order valence-electron chi connectivity index (χ4n) is 2.92. The summed E-state index contributed by atoms with van der Waals surface area (Å²) in [7, 11) is 0. The van der Waals surface area contributed by atoms with Crippen LogP contribution in [0.2, 0.25) is 0 Å². The molecular formula is C18H20FN3O. The molecule has 2 aromatic rings. The number of nitrogens with zero attached hydrogens (tertiary/aromatic N) is 2. The number of nitrogens with two attached hydrogens (primary N) is 1. The van der Waals surface area contributed by atoms with Gasteiger partial charge in [0.25, 0.3) is 5.91 Å². The number of carbonyl (C=O) groups excluding carboxylic acids is 1. The first-order valence-corrected chi connectivity index (χ1v) is 7.71. The van der Waals surface area contributed by atoms with E-state index in [1.165, 1.54) is 12.1 Å². The van der Waals surface area contributed by atoms with Crippen LogP contribution in [-0.2, 0) is 0 Å². The number of amides is 1. The molecule has 1 heterocycles. The highest BCUT2D eigenvalue weighted by molar-refractivity contribution is 5.94. The Bertz CT molecular complexity index is 724. The van der Waals surface area contributed by atoms with Crippen LogP contribution < -0.4 is 10.6 Å². The minimum atomic E-state index is -0.466. The molecule has 120 valence electrons. The van der Waals surface area contributed by atoms with Crippen molar-refractivity contribution in [3.63, 3.8) is 0 Å². The minimum Gasteiger partial charge on any atom is -0.399 e. The van der Waals surface area contributed by atoms with Gasteiger partial charge in [0.15, 0.2) is 0 Å². The van der Waals surface area contributed by atoms with Crippen LogP contribution in [0, 0.1) is 12.7 Å². The van der Waals surface area contributed by atoms with Gasteiger partial charge in [-0.15, -0.1) is 0 Å². The molecule has 2 N–H and O–H groups in total. The Kier molecular flexibility index (Phi) is 4.19. The van der Waals surface area contributed by atoms with E-state index >= 15 is 0 Å². The van der Waals surface area contributed by atoms with Gasteiger partial charge in [0.2, 0.25) is 0 Å². The van der Waals surface area contributed by atoms with Crippen molar-refractivity contribution < 1.29 is 9.18 Å². The zero-order valence-electron chi connectivity index (χ0n) is 13.1. The summed E-state index contributed by atoms with van der Waals surface area (Å²) in [6.07, 6.45) is 0. The number of piperazine rings is 1. The molecule has 0 saturated carbocycles. The summed E-state index contributed by atoms with van der Waals surface area (Å²) >= 11 is 0. The average molecular weight is 313 g/mol. The molecule has 1 amide bonds. The third-order valence-corrected chi connectivity index (χ3v) is 4.25. The van der Waals surface area contributed by atoms with Gasteiger partial charge in [0.05, 0.1) is 5.56 Å². The fourth-order valence-corrected chi connectivity index (χ4v) is 2.92.